The summed E-state index contributed by atoms with van der Waals surface area (Å²) in [5, 5.41) is 12.3. The van der Waals surface area contributed by atoms with E-state index < -0.39 is 5.97 Å². The predicted octanol–water partition coefficient (Wildman–Crippen LogP) is 6.05. The third-order valence-corrected chi connectivity index (χ3v) is 7.54. The third-order valence-electron chi connectivity index (χ3n) is 7.54. The van der Waals surface area contributed by atoms with Gasteiger partial charge in [0.1, 0.15) is 0 Å². The molecule has 1 saturated carbocycles. The first kappa shape index (κ1) is 23.2. The highest BCUT2D eigenvalue weighted by Crippen LogP contribution is 2.57. The van der Waals surface area contributed by atoms with E-state index in [4.69, 9.17) is 5.11 Å². The Hall–Kier alpha value is -3.60. The smallest absolute Gasteiger partial charge is 0.335 e. The summed E-state index contributed by atoms with van der Waals surface area (Å²) in [4.78, 5) is 27.0. The fraction of sp³-hybridized carbons (Fsp3) is 0.333. The molecule has 35 heavy (non-hydrogen) atoms. The van der Waals surface area contributed by atoms with Crippen LogP contribution in [0.4, 0.5) is 5.69 Å². The SMILES string of the molecule is CC(C)c1ccc(CN2CC3(CC3)c3cccc(C(=O)NC(C)c4ccc(C(=O)O)cc4)c32)cc1. The van der Waals surface area contributed by atoms with Crippen molar-refractivity contribution >= 4 is 17.6 Å². The van der Waals surface area contributed by atoms with E-state index in [1.54, 1.807) is 24.3 Å². The topological polar surface area (TPSA) is 69.6 Å². The molecule has 1 amide bonds. The van der Waals surface area contributed by atoms with Crippen LogP contribution in [-0.4, -0.2) is 23.5 Å². The number of hydrogen-bond acceptors (Lipinski definition) is 3. The number of aromatic carboxylic acids is 1. The molecule has 3 aromatic carbocycles. The lowest BCUT2D eigenvalue weighted by Crippen LogP contribution is -2.29. The quantitative estimate of drug-likeness (QED) is 0.443. The van der Waals surface area contributed by atoms with E-state index in [-0.39, 0.29) is 22.9 Å². The van der Waals surface area contributed by atoms with Crippen molar-refractivity contribution in [2.75, 3.05) is 11.4 Å². The molecule has 1 fully saturated rings. The van der Waals surface area contributed by atoms with Gasteiger partial charge < -0.3 is 15.3 Å². The number of carboxylic acids is 1. The monoisotopic (exact) mass is 468 g/mol. The predicted molar refractivity (Wildman–Crippen MR) is 138 cm³/mol. The normalized spacial score (nSPS) is 16.3. The molecule has 5 nitrogen and oxygen atoms in total. The molecule has 1 aliphatic heterocycles. The lowest BCUT2D eigenvalue weighted by molar-refractivity contribution is 0.0696. The summed E-state index contributed by atoms with van der Waals surface area (Å²) in [5.74, 6) is -0.556. The largest absolute Gasteiger partial charge is 0.478 e. The van der Waals surface area contributed by atoms with E-state index in [9.17, 15) is 9.59 Å². The first-order chi connectivity index (χ1) is 16.8. The van der Waals surface area contributed by atoms with Crippen molar-refractivity contribution in [2.45, 2.75) is 57.5 Å². The first-order valence-electron chi connectivity index (χ1n) is 12.4. The second kappa shape index (κ2) is 8.88. The van der Waals surface area contributed by atoms with Gasteiger partial charge >= 0.3 is 5.97 Å². The number of carboxylic acid groups (broad SMARTS) is 1. The van der Waals surface area contributed by atoms with Crippen LogP contribution in [0.1, 0.15) is 88.5 Å². The first-order valence-corrected chi connectivity index (χ1v) is 12.4. The highest BCUT2D eigenvalue weighted by molar-refractivity contribution is 6.01. The van der Waals surface area contributed by atoms with Crippen LogP contribution in [0.2, 0.25) is 0 Å². The van der Waals surface area contributed by atoms with Gasteiger partial charge in [0.25, 0.3) is 5.91 Å². The summed E-state index contributed by atoms with van der Waals surface area (Å²) in [7, 11) is 0. The number of hydrogen-bond donors (Lipinski definition) is 2. The molecule has 180 valence electrons. The van der Waals surface area contributed by atoms with Crippen molar-refractivity contribution in [1.29, 1.82) is 0 Å². The van der Waals surface area contributed by atoms with Crippen molar-refractivity contribution in [3.8, 4) is 0 Å². The van der Waals surface area contributed by atoms with Crippen molar-refractivity contribution < 1.29 is 14.7 Å². The van der Waals surface area contributed by atoms with Crippen LogP contribution in [0.3, 0.4) is 0 Å². The van der Waals surface area contributed by atoms with Gasteiger partial charge in [0.05, 0.1) is 22.9 Å². The van der Waals surface area contributed by atoms with Gasteiger partial charge in [0.2, 0.25) is 0 Å². The Morgan fingerprint density at radius 3 is 2.20 bits per heavy atom. The van der Waals surface area contributed by atoms with Gasteiger partial charge in [0, 0.05) is 18.5 Å². The van der Waals surface area contributed by atoms with Gasteiger partial charge in [-0.2, -0.15) is 0 Å². The van der Waals surface area contributed by atoms with E-state index in [1.807, 2.05) is 19.1 Å². The van der Waals surface area contributed by atoms with Crippen LogP contribution in [0.15, 0.2) is 66.7 Å². The molecule has 1 spiro atoms. The van der Waals surface area contributed by atoms with Gasteiger partial charge in [-0.15, -0.1) is 0 Å². The summed E-state index contributed by atoms with van der Waals surface area (Å²) < 4.78 is 0. The number of nitrogens with zero attached hydrogens (tertiary/aromatic N) is 1. The van der Waals surface area contributed by atoms with Crippen molar-refractivity contribution in [2.24, 2.45) is 0 Å². The maximum absolute atomic E-state index is 13.5. The second-order valence-corrected chi connectivity index (χ2v) is 10.4. The Labute approximate surface area is 206 Å². The molecular weight excluding hydrogens is 436 g/mol. The van der Waals surface area contributed by atoms with Gasteiger partial charge in [-0.3, -0.25) is 4.79 Å². The molecule has 2 aliphatic rings. The van der Waals surface area contributed by atoms with E-state index in [1.165, 1.54) is 29.5 Å². The van der Waals surface area contributed by atoms with Crippen LogP contribution in [0.25, 0.3) is 0 Å². The van der Waals surface area contributed by atoms with Crippen LogP contribution in [0, 0.1) is 0 Å². The number of anilines is 1. The fourth-order valence-corrected chi connectivity index (χ4v) is 5.24. The standard InChI is InChI=1S/C30H32N2O3/c1-19(2)22-9-7-21(8-10-22)17-32-18-30(15-16-30)26-6-4-5-25(27(26)32)28(33)31-20(3)23-11-13-24(14-12-23)29(34)35/h4-14,19-20H,15-18H2,1-3H3,(H,31,33)(H,34,35). The molecule has 0 bridgehead atoms. The van der Waals surface area contributed by atoms with Gasteiger partial charge in [-0.1, -0.05) is 62.4 Å². The highest BCUT2D eigenvalue weighted by Gasteiger charge is 2.52. The molecule has 5 heteroatoms. The molecule has 0 saturated heterocycles. The number of carbonyl (C=O) groups is 2. The van der Waals surface area contributed by atoms with E-state index in [0.29, 0.717) is 11.5 Å². The Kier molecular flexibility index (Phi) is 5.87. The Bertz CT molecular complexity index is 1260. The summed E-state index contributed by atoms with van der Waals surface area (Å²) in [6, 6.07) is 21.4. The minimum Gasteiger partial charge on any atom is -0.478 e. The minimum atomic E-state index is -0.957. The molecule has 1 unspecified atom stereocenters. The minimum absolute atomic E-state index is 0.102. The molecule has 1 atom stereocenters. The lowest BCUT2D eigenvalue weighted by atomic mass is 9.96. The maximum atomic E-state index is 13.5. The van der Waals surface area contributed by atoms with E-state index in [0.717, 1.165) is 24.3 Å². The Balaban J connectivity index is 1.39. The third kappa shape index (κ3) is 4.43. The number of benzene rings is 3. The average molecular weight is 469 g/mol. The zero-order valence-corrected chi connectivity index (χ0v) is 20.5. The molecule has 1 aliphatic carbocycles. The maximum Gasteiger partial charge on any atom is 0.335 e. The number of carbonyl (C=O) groups excluding carboxylic acids is 1. The van der Waals surface area contributed by atoms with Crippen LogP contribution in [0.5, 0.6) is 0 Å². The number of fused-ring (bicyclic) bond motifs is 2. The van der Waals surface area contributed by atoms with Crippen LogP contribution < -0.4 is 10.2 Å². The average Bonchev–Trinajstić information content (AvgIpc) is 3.57. The number of para-hydroxylation sites is 1. The molecule has 5 rings (SSSR count). The summed E-state index contributed by atoms with van der Waals surface area (Å²) in [6.07, 6.45) is 2.33. The Morgan fingerprint density at radius 1 is 0.943 bits per heavy atom. The Morgan fingerprint density at radius 2 is 1.60 bits per heavy atom. The number of nitrogens with one attached hydrogen (secondary N) is 1. The molecule has 0 radical (unpaired) electrons. The lowest BCUT2D eigenvalue weighted by Gasteiger charge is -2.23. The molecule has 3 aromatic rings. The zero-order chi connectivity index (χ0) is 24.7. The fourth-order valence-electron chi connectivity index (χ4n) is 5.24. The van der Waals surface area contributed by atoms with E-state index in [2.05, 4.69) is 54.4 Å². The zero-order valence-electron chi connectivity index (χ0n) is 20.5. The second-order valence-electron chi connectivity index (χ2n) is 10.4. The molecule has 1 heterocycles. The van der Waals surface area contributed by atoms with Crippen LogP contribution in [-0.2, 0) is 12.0 Å². The van der Waals surface area contributed by atoms with Gasteiger partial charge in [0.15, 0.2) is 0 Å². The van der Waals surface area contributed by atoms with Crippen molar-refractivity contribution in [3.05, 3.63) is 100 Å². The summed E-state index contributed by atoms with van der Waals surface area (Å²) in [6.45, 7) is 8.06. The molecular formula is C30H32N2O3. The summed E-state index contributed by atoms with van der Waals surface area (Å²) in [5.41, 5.74) is 6.93. The van der Waals surface area contributed by atoms with Crippen LogP contribution >= 0.6 is 0 Å². The molecule has 0 aromatic heterocycles. The number of rotatable bonds is 7. The van der Waals surface area contributed by atoms with Gasteiger partial charge in [-0.05, 0) is 66.1 Å². The number of amides is 1. The van der Waals surface area contributed by atoms with Gasteiger partial charge in [-0.25, -0.2) is 4.79 Å². The van der Waals surface area contributed by atoms with Crippen molar-refractivity contribution in [3.63, 3.8) is 0 Å². The summed E-state index contributed by atoms with van der Waals surface area (Å²) >= 11 is 0. The molecule has 2 N–H and O–H groups in total. The van der Waals surface area contributed by atoms with Crippen molar-refractivity contribution in [1.82, 2.24) is 5.32 Å². The highest BCUT2D eigenvalue weighted by atomic mass is 16.4. The van der Waals surface area contributed by atoms with E-state index >= 15 is 0 Å².